The third kappa shape index (κ3) is 7.69. The van der Waals surface area contributed by atoms with E-state index < -0.39 is 6.04 Å². The van der Waals surface area contributed by atoms with Gasteiger partial charge in [0, 0.05) is 36.0 Å². The van der Waals surface area contributed by atoms with Crippen molar-refractivity contribution < 1.29 is 9.59 Å². The van der Waals surface area contributed by atoms with Gasteiger partial charge in [0.15, 0.2) is 0 Å². The molecule has 0 spiro atoms. The molecule has 0 fully saturated rings. The van der Waals surface area contributed by atoms with Crippen LogP contribution < -0.4 is 5.32 Å². The van der Waals surface area contributed by atoms with Gasteiger partial charge < -0.3 is 10.2 Å². The lowest BCUT2D eigenvalue weighted by Crippen LogP contribution is -2.49. The van der Waals surface area contributed by atoms with Crippen molar-refractivity contribution >= 4 is 35.2 Å². The van der Waals surface area contributed by atoms with E-state index >= 15 is 0 Å². The molecule has 2 rings (SSSR count). The highest BCUT2D eigenvalue weighted by atomic mass is 35.5. The fourth-order valence-corrected chi connectivity index (χ4v) is 4.25. The standard InChI is InChI=1S/C24H31ClN2O2S/c1-3-15-26-24(29)22(4-2)27(17-20-12-8-9-13-21(20)25)23(28)14-16-30-18-19-10-6-5-7-11-19/h5-13,22H,3-4,14-18H2,1-2H3,(H,26,29)/t22-/m1/s1. The molecule has 0 saturated carbocycles. The number of thioether (sulfide) groups is 1. The molecule has 0 aliphatic heterocycles. The molecule has 1 atom stereocenters. The second-order valence-corrected chi connectivity index (χ2v) is 8.63. The summed E-state index contributed by atoms with van der Waals surface area (Å²) in [5.74, 6) is 1.46. The van der Waals surface area contributed by atoms with Crippen LogP contribution in [0.4, 0.5) is 0 Å². The quantitative estimate of drug-likeness (QED) is 0.450. The third-order valence-corrected chi connectivity index (χ3v) is 6.20. The van der Waals surface area contributed by atoms with Crippen molar-refractivity contribution in [2.75, 3.05) is 12.3 Å². The number of hydrogen-bond acceptors (Lipinski definition) is 3. The Hall–Kier alpha value is -1.98. The monoisotopic (exact) mass is 446 g/mol. The predicted molar refractivity (Wildman–Crippen MR) is 127 cm³/mol. The molecule has 2 amide bonds. The van der Waals surface area contributed by atoms with Crippen molar-refractivity contribution in [3.05, 3.63) is 70.7 Å². The molecule has 0 unspecified atom stereocenters. The zero-order chi connectivity index (χ0) is 21.8. The zero-order valence-corrected chi connectivity index (χ0v) is 19.3. The van der Waals surface area contributed by atoms with Crippen LogP contribution in [0.25, 0.3) is 0 Å². The number of rotatable bonds is 12. The normalized spacial score (nSPS) is 11.7. The Morgan fingerprint density at radius 3 is 2.43 bits per heavy atom. The molecule has 0 aliphatic carbocycles. The summed E-state index contributed by atoms with van der Waals surface area (Å²) in [7, 11) is 0. The maximum atomic E-state index is 13.1. The van der Waals surface area contributed by atoms with Gasteiger partial charge in [0.25, 0.3) is 0 Å². The molecule has 0 aliphatic rings. The molecule has 0 heterocycles. The van der Waals surface area contributed by atoms with E-state index in [4.69, 9.17) is 11.6 Å². The minimum atomic E-state index is -0.501. The van der Waals surface area contributed by atoms with E-state index in [1.807, 2.05) is 56.3 Å². The van der Waals surface area contributed by atoms with Gasteiger partial charge in [-0.25, -0.2) is 0 Å². The molecule has 2 aromatic rings. The Morgan fingerprint density at radius 1 is 1.07 bits per heavy atom. The van der Waals surface area contributed by atoms with Crippen molar-refractivity contribution in [3.63, 3.8) is 0 Å². The SMILES string of the molecule is CCCNC(=O)[C@@H](CC)N(Cc1ccccc1Cl)C(=O)CCSCc1ccccc1. The molecule has 0 radical (unpaired) electrons. The molecule has 4 nitrogen and oxygen atoms in total. The van der Waals surface area contributed by atoms with Crippen molar-refractivity contribution in [2.24, 2.45) is 0 Å². The largest absolute Gasteiger partial charge is 0.354 e. The van der Waals surface area contributed by atoms with Gasteiger partial charge in [-0.15, -0.1) is 0 Å². The van der Waals surface area contributed by atoms with Crippen LogP contribution in [0.3, 0.4) is 0 Å². The van der Waals surface area contributed by atoms with Crippen LogP contribution in [0.15, 0.2) is 54.6 Å². The van der Waals surface area contributed by atoms with Crippen LogP contribution in [-0.4, -0.2) is 35.1 Å². The van der Waals surface area contributed by atoms with Crippen molar-refractivity contribution in [3.8, 4) is 0 Å². The maximum absolute atomic E-state index is 13.1. The van der Waals surface area contributed by atoms with E-state index in [9.17, 15) is 9.59 Å². The average Bonchev–Trinajstić information content (AvgIpc) is 2.77. The minimum Gasteiger partial charge on any atom is -0.354 e. The lowest BCUT2D eigenvalue weighted by molar-refractivity contribution is -0.141. The van der Waals surface area contributed by atoms with E-state index in [-0.39, 0.29) is 11.8 Å². The van der Waals surface area contributed by atoms with Gasteiger partial charge in [0.1, 0.15) is 6.04 Å². The Balaban J connectivity index is 2.05. The highest BCUT2D eigenvalue weighted by Gasteiger charge is 2.28. The fourth-order valence-electron chi connectivity index (χ4n) is 3.16. The summed E-state index contributed by atoms with van der Waals surface area (Å²) in [6.07, 6.45) is 1.80. The number of amides is 2. The van der Waals surface area contributed by atoms with Crippen molar-refractivity contribution in [2.45, 2.75) is 51.4 Å². The molecule has 30 heavy (non-hydrogen) atoms. The lowest BCUT2D eigenvalue weighted by atomic mass is 10.1. The first kappa shape index (κ1) is 24.3. The molecule has 1 N–H and O–H groups in total. The second kappa shape index (κ2) is 13.3. The van der Waals surface area contributed by atoms with Gasteiger partial charge in [-0.05, 0) is 30.0 Å². The van der Waals surface area contributed by atoms with Crippen LogP contribution in [0, 0.1) is 0 Å². The Labute approximate surface area is 189 Å². The number of nitrogens with one attached hydrogen (secondary N) is 1. The fraction of sp³-hybridized carbons (Fsp3) is 0.417. The number of benzene rings is 2. The summed E-state index contributed by atoms with van der Waals surface area (Å²) >= 11 is 8.07. The van der Waals surface area contributed by atoms with Crippen LogP contribution in [0.2, 0.25) is 5.02 Å². The van der Waals surface area contributed by atoms with Crippen molar-refractivity contribution in [1.29, 1.82) is 0 Å². The third-order valence-electron chi connectivity index (χ3n) is 4.81. The van der Waals surface area contributed by atoms with E-state index in [0.717, 1.165) is 17.7 Å². The Morgan fingerprint density at radius 2 is 1.77 bits per heavy atom. The van der Waals surface area contributed by atoms with Crippen LogP contribution in [0.1, 0.15) is 44.2 Å². The summed E-state index contributed by atoms with van der Waals surface area (Å²) < 4.78 is 0. The Bertz CT molecular complexity index is 801. The van der Waals surface area contributed by atoms with Crippen molar-refractivity contribution in [1.82, 2.24) is 10.2 Å². The zero-order valence-electron chi connectivity index (χ0n) is 17.8. The molecular weight excluding hydrogens is 416 g/mol. The molecule has 6 heteroatoms. The summed E-state index contributed by atoms with van der Waals surface area (Å²) in [5, 5.41) is 3.55. The molecule has 162 valence electrons. The molecular formula is C24H31ClN2O2S. The van der Waals surface area contributed by atoms with E-state index in [2.05, 4.69) is 17.4 Å². The summed E-state index contributed by atoms with van der Waals surface area (Å²) in [6.45, 7) is 4.89. The Kier molecular flexibility index (Phi) is 10.8. The van der Waals surface area contributed by atoms with Gasteiger partial charge in [-0.3, -0.25) is 9.59 Å². The molecule has 0 aromatic heterocycles. The summed E-state index contributed by atoms with van der Waals surface area (Å²) in [6, 6.07) is 17.2. The first-order valence-corrected chi connectivity index (χ1v) is 12.0. The van der Waals surface area contributed by atoms with E-state index in [1.165, 1.54) is 5.56 Å². The van der Waals surface area contributed by atoms with Gasteiger partial charge in [-0.2, -0.15) is 11.8 Å². The van der Waals surface area contributed by atoms with Crippen LogP contribution in [0.5, 0.6) is 0 Å². The number of nitrogens with zero attached hydrogens (tertiary/aromatic N) is 1. The van der Waals surface area contributed by atoms with Gasteiger partial charge in [0.05, 0.1) is 0 Å². The average molecular weight is 447 g/mol. The second-order valence-electron chi connectivity index (χ2n) is 7.12. The number of halogens is 1. The molecule has 0 saturated heterocycles. The highest BCUT2D eigenvalue weighted by molar-refractivity contribution is 7.98. The predicted octanol–water partition coefficient (Wildman–Crippen LogP) is 5.30. The number of hydrogen-bond donors (Lipinski definition) is 1. The van der Waals surface area contributed by atoms with Gasteiger partial charge in [-0.1, -0.05) is 74.0 Å². The van der Waals surface area contributed by atoms with E-state index in [0.29, 0.717) is 36.7 Å². The number of carbonyl (C=O) groups is 2. The summed E-state index contributed by atoms with van der Waals surface area (Å²) in [5.41, 5.74) is 2.10. The highest BCUT2D eigenvalue weighted by Crippen LogP contribution is 2.21. The van der Waals surface area contributed by atoms with Crippen LogP contribution >= 0.6 is 23.4 Å². The van der Waals surface area contributed by atoms with E-state index in [1.54, 1.807) is 16.7 Å². The minimum absolute atomic E-state index is 0.0195. The topological polar surface area (TPSA) is 49.4 Å². The van der Waals surface area contributed by atoms with Gasteiger partial charge >= 0.3 is 0 Å². The smallest absolute Gasteiger partial charge is 0.242 e. The van der Waals surface area contributed by atoms with Crippen LogP contribution in [-0.2, 0) is 21.9 Å². The molecule has 0 bridgehead atoms. The van der Waals surface area contributed by atoms with Gasteiger partial charge in [0.2, 0.25) is 11.8 Å². The lowest BCUT2D eigenvalue weighted by Gasteiger charge is -2.31. The maximum Gasteiger partial charge on any atom is 0.242 e. The molecule has 2 aromatic carbocycles. The number of carbonyl (C=O) groups excluding carboxylic acids is 2. The summed E-state index contributed by atoms with van der Waals surface area (Å²) in [4.78, 5) is 27.6. The first-order chi connectivity index (χ1) is 14.6. The first-order valence-electron chi connectivity index (χ1n) is 10.5.